The van der Waals surface area contributed by atoms with E-state index < -0.39 is 11.6 Å². The van der Waals surface area contributed by atoms with Crippen LogP contribution in [0.5, 0.6) is 5.75 Å². The predicted octanol–water partition coefficient (Wildman–Crippen LogP) is 4.07. The highest BCUT2D eigenvalue weighted by Crippen LogP contribution is 2.22. The SMILES string of the molecule is N#Cc1ccc(OCc2ccc(F)cc2Cl)c(F)c1. The second-order valence-corrected chi connectivity index (χ2v) is 4.19. The summed E-state index contributed by atoms with van der Waals surface area (Å²) in [6.45, 7) is 0.0158. The van der Waals surface area contributed by atoms with Gasteiger partial charge in [-0.15, -0.1) is 0 Å². The summed E-state index contributed by atoms with van der Waals surface area (Å²) in [4.78, 5) is 0. The van der Waals surface area contributed by atoms with Crippen LogP contribution in [0.25, 0.3) is 0 Å². The van der Waals surface area contributed by atoms with Crippen molar-refractivity contribution in [3.05, 3.63) is 64.2 Å². The molecule has 0 N–H and O–H groups in total. The number of rotatable bonds is 3. The Bertz CT molecular complexity index is 652. The second-order valence-electron chi connectivity index (χ2n) is 3.78. The quantitative estimate of drug-likeness (QED) is 0.848. The van der Waals surface area contributed by atoms with E-state index in [0.29, 0.717) is 5.56 Å². The molecule has 19 heavy (non-hydrogen) atoms. The Kier molecular flexibility index (Phi) is 3.98. The summed E-state index contributed by atoms with van der Waals surface area (Å²) in [6, 6.07) is 9.61. The van der Waals surface area contributed by atoms with Crippen LogP contribution in [0.1, 0.15) is 11.1 Å². The van der Waals surface area contributed by atoms with E-state index in [9.17, 15) is 8.78 Å². The summed E-state index contributed by atoms with van der Waals surface area (Å²) >= 11 is 5.83. The van der Waals surface area contributed by atoms with Crippen LogP contribution in [-0.2, 0) is 6.61 Å². The molecule has 2 rings (SSSR count). The van der Waals surface area contributed by atoms with Crippen LogP contribution in [0.3, 0.4) is 0 Å². The summed E-state index contributed by atoms with van der Waals surface area (Å²) in [7, 11) is 0. The zero-order chi connectivity index (χ0) is 13.8. The highest BCUT2D eigenvalue weighted by atomic mass is 35.5. The van der Waals surface area contributed by atoms with Gasteiger partial charge in [-0.25, -0.2) is 8.78 Å². The summed E-state index contributed by atoms with van der Waals surface area (Å²) in [5.41, 5.74) is 0.761. The third-order valence-corrected chi connectivity index (χ3v) is 2.81. The Hall–Kier alpha value is -2.12. The Morgan fingerprint density at radius 1 is 1.16 bits per heavy atom. The van der Waals surface area contributed by atoms with Crippen molar-refractivity contribution >= 4 is 11.6 Å². The molecule has 0 spiro atoms. The molecule has 0 atom stereocenters. The fourth-order valence-electron chi connectivity index (χ4n) is 1.48. The van der Waals surface area contributed by atoms with Crippen LogP contribution < -0.4 is 4.74 Å². The van der Waals surface area contributed by atoms with Gasteiger partial charge in [0.2, 0.25) is 0 Å². The van der Waals surface area contributed by atoms with Gasteiger partial charge in [-0.1, -0.05) is 17.7 Å². The molecule has 0 amide bonds. The molecule has 0 aliphatic carbocycles. The molecule has 2 aromatic rings. The van der Waals surface area contributed by atoms with Gasteiger partial charge < -0.3 is 4.74 Å². The van der Waals surface area contributed by atoms with Crippen molar-refractivity contribution in [3.8, 4) is 11.8 Å². The first-order chi connectivity index (χ1) is 9.10. The highest BCUT2D eigenvalue weighted by Gasteiger charge is 2.07. The second kappa shape index (κ2) is 5.68. The Morgan fingerprint density at radius 2 is 1.95 bits per heavy atom. The van der Waals surface area contributed by atoms with Crippen molar-refractivity contribution in [2.45, 2.75) is 6.61 Å². The molecule has 0 aliphatic rings. The van der Waals surface area contributed by atoms with Crippen LogP contribution in [-0.4, -0.2) is 0 Å². The lowest BCUT2D eigenvalue weighted by molar-refractivity contribution is 0.290. The first-order valence-electron chi connectivity index (χ1n) is 5.36. The molecule has 2 nitrogen and oxygen atoms in total. The summed E-state index contributed by atoms with van der Waals surface area (Å²) < 4.78 is 31.6. The fourth-order valence-corrected chi connectivity index (χ4v) is 1.70. The zero-order valence-electron chi connectivity index (χ0n) is 9.66. The molecule has 0 fully saturated rings. The largest absolute Gasteiger partial charge is 0.486 e. The van der Waals surface area contributed by atoms with Gasteiger partial charge in [-0.3, -0.25) is 0 Å². The molecular weight excluding hydrogens is 272 g/mol. The maximum Gasteiger partial charge on any atom is 0.166 e. The van der Waals surface area contributed by atoms with Crippen molar-refractivity contribution in [1.29, 1.82) is 5.26 Å². The molecule has 0 saturated heterocycles. The smallest absolute Gasteiger partial charge is 0.166 e. The van der Waals surface area contributed by atoms with Crippen LogP contribution in [0.2, 0.25) is 5.02 Å². The molecule has 0 aliphatic heterocycles. The number of hydrogen-bond donors (Lipinski definition) is 0. The Labute approximate surface area is 113 Å². The molecule has 5 heteroatoms. The van der Waals surface area contributed by atoms with Gasteiger partial charge in [-0.2, -0.15) is 5.26 Å². The first-order valence-corrected chi connectivity index (χ1v) is 5.74. The number of nitriles is 1. The predicted molar refractivity (Wildman–Crippen MR) is 66.9 cm³/mol. The number of hydrogen-bond acceptors (Lipinski definition) is 2. The monoisotopic (exact) mass is 279 g/mol. The molecule has 0 bridgehead atoms. The average Bonchev–Trinajstić information content (AvgIpc) is 2.39. The first kappa shape index (κ1) is 13.3. The van der Waals surface area contributed by atoms with Gasteiger partial charge in [0, 0.05) is 5.56 Å². The summed E-state index contributed by atoms with van der Waals surface area (Å²) in [5.74, 6) is -1.06. The van der Waals surface area contributed by atoms with E-state index in [1.807, 2.05) is 6.07 Å². The van der Waals surface area contributed by atoms with Crippen molar-refractivity contribution in [2.24, 2.45) is 0 Å². The molecular formula is C14H8ClF2NO. The van der Waals surface area contributed by atoms with Gasteiger partial charge in [0.15, 0.2) is 11.6 Å². The van der Waals surface area contributed by atoms with E-state index in [1.165, 1.54) is 24.3 Å². The summed E-state index contributed by atoms with van der Waals surface area (Å²) in [5, 5.41) is 8.83. The van der Waals surface area contributed by atoms with E-state index in [4.69, 9.17) is 21.6 Å². The van der Waals surface area contributed by atoms with Gasteiger partial charge in [0.05, 0.1) is 16.7 Å². The maximum atomic E-state index is 13.5. The normalized spacial score (nSPS) is 10.0. The highest BCUT2D eigenvalue weighted by molar-refractivity contribution is 6.31. The molecule has 0 radical (unpaired) electrons. The number of halogens is 3. The van der Waals surface area contributed by atoms with E-state index in [2.05, 4.69) is 0 Å². The van der Waals surface area contributed by atoms with Crippen molar-refractivity contribution in [3.63, 3.8) is 0 Å². The van der Waals surface area contributed by atoms with Crippen LogP contribution in [0.4, 0.5) is 8.78 Å². The molecule has 0 heterocycles. The Morgan fingerprint density at radius 3 is 2.58 bits per heavy atom. The van der Waals surface area contributed by atoms with Crippen molar-refractivity contribution in [2.75, 3.05) is 0 Å². The van der Waals surface area contributed by atoms with Gasteiger partial charge in [0.25, 0.3) is 0 Å². The van der Waals surface area contributed by atoms with E-state index in [-0.39, 0.29) is 22.9 Å². The van der Waals surface area contributed by atoms with Crippen molar-refractivity contribution in [1.82, 2.24) is 0 Å². The van der Waals surface area contributed by atoms with Gasteiger partial charge in [0.1, 0.15) is 12.4 Å². The number of ether oxygens (including phenoxy) is 1. The minimum atomic E-state index is -0.628. The average molecular weight is 280 g/mol. The lowest BCUT2D eigenvalue weighted by Crippen LogP contribution is -1.98. The standard InChI is InChI=1S/C14H8ClF2NO/c15-12-6-11(16)3-2-10(12)8-19-14-4-1-9(7-18)5-13(14)17/h1-6H,8H2. The minimum absolute atomic E-state index is 0.0133. The van der Waals surface area contributed by atoms with E-state index >= 15 is 0 Å². The molecule has 0 aromatic heterocycles. The molecule has 2 aromatic carbocycles. The molecule has 0 unspecified atom stereocenters. The maximum absolute atomic E-state index is 13.5. The van der Waals surface area contributed by atoms with Crippen LogP contribution in [0.15, 0.2) is 36.4 Å². The zero-order valence-corrected chi connectivity index (χ0v) is 10.4. The van der Waals surface area contributed by atoms with Crippen LogP contribution >= 0.6 is 11.6 Å². The third kappa shape index (κ3) is 3.21. The molecule has 96 valence electrons. The van der Waals surface area contributed by atoms with Gasteiger partial charge >= 0.3 is 0 Å². The lowest BCUT2D eigenvalue weighted by Gasteiger charge is -2.08. The molecule has 0 saturated carbocycles. The Balaban J connectivity index is 2.13. The van der Waals surface area contributed by atoms with Crippen LogP contribution in [0, 0.1) is 23.0 Å². The lowest BCUT2D eigenvalue weighted by atomic mass is 10.2. The summed E-state index contributed by atoms with van der Waals surface area (Å²) in [6.07, 6.45) is 0. The minimum Gasteiger partial charge on any atom is -0.486 e. The number of benzene rings is 2. The fraction of sp³-hybridized carbons (Fsp3) is 0.0714. The third-order valence-electron chi connectivity index (χ3n) is 2.46. The van der Waals surface area contributed by atoms with Crippen molar-refractivity contribution < 1.29 is 13.5 Å². The van der Waals surface area contributed by atoms with Gasteiger partial charge in [-0.05, 0) is 30.3 Å². The topological polar surface area (TPSA) is 33.0 Å². The number of nitrogens with zero attached hydrogens (tertiary/aromatic N) is 1. The van der Waals surface area contributed by atoms with E-state index in [1.54, 1.807) is 0 Å². The van der Waals surface area contributed by atoms with E-state index in [0.717, 1.165) is 12.1 Å².